The molecule has 5 N–H and O–H groups in total. The van der Waals surface area contributed by atoms with Crippen molar-refractivity contribution >= 4 is 92.1 Å². The SMILES string of the molecule is CCCC(=O)OCN(C(=O)[C@@H](CC(=O)[C@H]1CCCCN1C)[C@H](C)CC)[C@H](C[C@@H](OC(C)=O)c1nc(C(=O)N[C@@H](Cc2ccc(O)cc2)C[C@H](C)C(=O)CNC(=O)OCCSSC[C@H](CC(=O)C[C@H](C)C(=O)O)C(=O)O)cs1)C(C)C. The van der Waals surface area contributed by atoms with Crippen LogP contribution in [0.1, 0.15) is 153 Å². The number of phenols is 1. The summed E-state index contributed by atoms with van der Waals surface area (Å²) >= 11 is 1.07. The molecule has 1 fully saturated rings. The predicted octanol–water partition coefficient (Wildman–Crippen LogP) is 7.92. The zero-order valence-corrected chi connectivity index (χ0v) is 50.1. The van der Waals surface area contributed by atoms with E-state index in [-0.39, 0.29) is 121 Å². The number of likely N-dealkylation sites (tertiary alicyclic amines) is 1. The third-order valence-electron chi connectivity index (χ3n) is 14.2. The van der Waals surface area contributed by atoms with Gasteiger partial charge in [0.2, 0.25) is 5.91 Å². The fourth-order valence-electron chi connectivity index (χ4n) is 9.20. The number of carboxylic acid groups (broad SMARTS) is 2. The summed E-state index contributed by atoms with van der Waals surface area (Å²) in [5.41, 5.74) is 0.722. The number of piperidine rings is 1. The molecule has 1 aromatic carbocycles. The van der Waals surface area contributed by atoms with Gasteiger partial charge in [-0.1, -0.05) is 95.0 Å². The molecule has 21 nitrogen and oxygen atoms in total. The highest BCUT2D eigenvalue weighted by molar-refractivity contribution is 8.76. The number of phenolic OH excluding ortho intramolecular Hbond substituents is 1. The van der Waals surface area contributed by atoms with Crippen LogP contribution >= 0.6 is 32.9 Å². The lowest BCUT2D eigenvalue weighted by molar-refractivity contribution is -0.162. The molecule has 2 heterocycles. The molecular formula is C56H83N5O16S3. The Hall–Kier alpha value is -5.59. The number of carbonyl (C=O) groups is 10. The molecule has 3 rings (SSSR count). The minimum atomic E-state index is -1.19. The number of likely N-dealkylation sites (N-methyl/N-ethyl adjacent to an activating group) is 1. The number of ketones is 3. The molecule has 0 spiro atoms. The van der Waals surface area contributed by atoms with E-state index in [1.54, 1.807) is 19.1 Å². The Morgan fingerprint density at radius 2 is 1.59 bits per heavy atom. The maximum Gasteiger partial charge on any atom is 0.407 e. The molecule has 2 aromatic rings. The number of amides is 3. The van der Waals surface area contributed by atoms with Crippen LogP contribution in [0.25, 0.3) is 0 Å². The van der Waals surface area contributed by atoms with E-state index in [2.05, 4.69) is 15.6 Å². The molecule has 80 heavy (non-hydrogen) atoms. The number of benzene rings is 1. The number of nitrogens with zero attached hydrogens (tertiary/aromatic N) is 3. The summed E-state index contributed by atoms with van der Waals surface area (Å²) in [4.78, 5) is 138. The van der Waals surface area contributed by atoms with E-state index in [4.69, 9.17) is 19.3 Å². The topological polar surface area (TPSA) is 303 Å². The van der Waals surface area contributed by atoms with Crippen LogP contribution < -0.4 is 10.6 Å². The largest absolute Gasteiger partial charge is 0.508 e. The molecule has 0 saturated carbocycles. The van der Waals surface area contributed by atoms with Crippen molar-refractivity contribution < 1.29 is 77.5 Å². The number of alkyl carbamates (subject to hydrolysis) is 1. The molecule has 0 radical (unpaired) electrons. The van der Waals surface area contributed by atoms with Gasteiger partial charge in [-0.25, -0.2) is 9.78 Å². The molecule has 1 aromatic heterocycles. The van der Waals surface area contributed by atoms with Gasteiger partial charge in [-0.3, -0.25) is 48.1 Å². The van der Waals surface area contributed by atoms with E-state index in [0.29, 0.717) is 19.3 Å². The number of aromatic hydroxyl groups is 1. The van der Waals surface area contributed by atoms with Crippen LogP contribution in [-0.2, 0) is 59.0 Å². The average molecular weight is 1180 g/mol. The number of rotatable bonds is 37. The minimum Gasteiger partial charge on any atom is -0.508 e. The number of carboxylic acids is 2. The van der Waals surface area contributed by atoms with Gasteiger partial charge >= 0.3 is 30.0 Å². The molecule has 3 amide bonds. The number of nitrogens with one attached hydrogen (secondary N) is 2. The van der Waals surface area contributed by atoms with Gasteiger partial charge in [0, 0.05) is 79.8 Å². The van der Waals surface area contributed by atoms with Crippen molar-refractivity contribution in [3.05, 3.63) is 45.9 Å². The van der Waals surface area contributed by atoms with Gasteiger partial charge in [0.25, 0.3) is 5.91 Å². The monoisotopic (exact) mass is 1180 g/mol. The molecule has 0 aliphatic carbocycles. The van der Waals surface area contributed by atoms with E-state index < -0.39 is 90.3 Å². The maximum atomic E-state index is 15.0. The van der Waals surface area contributed by atoms with Crippen LogP contribution in [0.15, 0.2) is 29.6 Å². The van der Waals surface area contributed by atoms with Crippen molar-refractivity contribution in [1.82, 2.24) is 25.4 Å². The third-order valence-corrected chi connectivity index (χ3v) is 17.5. The molecule has 1 aliphatic heterocycles. The number of aromatic nitrogens is 1. The lowest BCUT2D eigenvalue weighted by Gasteiger charge is -2.39. The zero-order chi connectivity index (χ0) is 59.6. The van der Waals surface area contributed by atoms with Gasteiger partial charge in [-0.05, 0) is 75.2 Å². The van der Waals surface area contributed by atoms with Crippen molar-refractivity contribution in [3.8, 4) is 5.75 Å². The Morgan fingerprint density at radius 1 is 0.887 bits per heavy atom. The number of ether oxygens (including phenoxy) is 3. The third kappa shape index (κ3) is 23.9. The maximum absolute atomic E-state index is 15.0. The van der Waals surface area contributed by atoms with Crippen LogP contribution in [0.3, 0.4) is 0 Å². The number of hydrogen-bond acceptors (Lipinski definition) is 19. The highest BCUT2D eigenvalue weighted by Crippen LogP contribution is 2.34. The molecule has 9 atom stereocenters. The van der Waals surface area contributed by atoms with Gasteiger partial charge in [-0.2, -0.15) is 0 Å². The summed E-state index contributed by atoms with van der Waals surface area (Å²) in [5.74, 6) is -8.76. The van der Waals surface area contributed by atoms with E-state index in [1.807, 2.05) is 46.6 Å². The van der Waals surface area contributed by atoms with E-state index >= 15 is 0 Å². The second-order valence-corrected chi connectivity index (χ2v) is 24.6. The van der Waals surface area contributed by atoms with Gasteiger partial charge in [0.05, 0.1) is 24.4 Å². The van der Waals surface area contributed by atoms with Gasteiger partial charge in [-0.15, -0.1) is 11.3 Å². The molecule has 1 saturated heterocycles. The smallest absolute Gasteiger partial charge is 0.407 e. The van der Waals surface area contributed by atoms with E-state index in [0.717, 1.165) is 47.1 Å². The second-order valence-electron chi connectivity index (χ2n) is 21.0. The Bertz CT molecular complexity index is 2390. The van der Waals surface area contributed by atoms with Crippen LogP contribution in [-0.4, -0.2) is 152 Å². The first-order valence-electron chi connectivity index (χ1n) is 27.4. The van der Waals surface area contributed by atoms with Crippen molar-refractivity contribution in [1.29, 1.82) is 0 Å². The fraction of sp³-hybridized carbons (Fsp3) is 0.661. The molecule has 0 bridgehead atoms. The van der Waals surface area contributed by atoms with Crippen LogP contribution in [0, 0.1) is 35.5 Å². The number of carbonyl (C=O) groups excluding carboxylic acids is 8. The highest BCUT2D eigenvalue weighted by Gasteiger charge is 2.40. The Kier molecular flexibility index (Phi) is 30.3. The summed E-state index contributed by atoms with van der Waals surface area (Å²) in [6, 6.07) is 4.68. The number of hydrogen-bond donors (Lipinski definition) is 5. The first-order valence-corrected chi connectivity index (χ1v) is 30.8. The Labute approximate surface area is 481 Å². The molecular weight excluding hydrogens is 1090 g/mol. The van der Waals surface area contributed by atoms with Crippen molar-refractivity contribution in [2.45, 2.75) is 157 Å². The number of aliphatic carboxylic acids is 2. The molecule has 0 unspecified atom stereocenters. The van der Waals surface area contributed by atoms with Crippen LogP contribution in [0.4, 0.5) is 4.79 Å². The molecule has 1 aliphatic rings. The normalized spacial score (nSPS) is 16.6. The fourth-order valence-corrected chi connectivity index (χ4v) is 12.2. The second kappa shape index (κ2) is 35.3. The van der Waals surface area contributed by atoms with Crippen LogP contribution in [0.2, 0.25) is 0 Å². The molecule has 24 heteroatoms. The lowest BCUT2D eigenvalue weighted by Crippen LogP contribution is -2.50. The Morgan fingerprint density at radius 3 is 2.20 bits per heavy atom. The standard InChI is InChI=1S/C56H83N5O16S3/c1-10-14-50(67)76-32-61(53(69)43(34(5)11-2)27-47(65)45-15-12-13-20-60(45)9)46(33(3)4)28-49(77-37(8)62)52-59-44(31-78-52)51(68)58-40(25-38-16-18-41(63)19-17-38)23-35(6)48(66)29-57-56(74)75-21-22-79-80-30-39(55(72)73)26-42(64)24-36(7)54(70)71/h16-19,31,33-36,39-40,43,45-46,49,63H,10-15,20-30,32H2,1-9H3,(H,57,74)(H,58,68)(H,70,71)(H,72,73)/t34-,35+,36+,39+,40-,43+,45-,46-,49-/m1/s1. The Balaban J connectivity index is 1.75. The lowest BCUT2D eigenvalue weighted by atomic mass is 9.82. The van der Waals surface area contributed by atoms with E-state index in [1.165, 1.54) is 47.1 Å². The first kappa shape index (κ1) is 68.7. The molecule has 446 valence electrons. The van der Waals surface area contributed by atoms with Crippen LogP contribution in [0.5, 0.6) is 5.75 Å². The first-order chi connectivity index (χ1) is 37.8. The van der Waals surface area contributed by atoms with Crippen molar-refractivity contribution in [2.75, 3.05) is 45.0 Å². The number of esters is 2. The summed E-state index contributed by atoms with van der Waals surface area (Å²) in [6.45, 7) is 13.7. The number of Topliss-reactive ketones (excluding diaryl/α,β-unsaturated/α-hetero) is 3. The summed E-state index contributed by atoms with van der Waals surface area (Å²) in [6.07, 6.45) is 1.76. The predicted molar refractivity (Wildman–Crippen MR) is 304 cm³/mol. The van der Waals surface area contributed by atoms with Gasteiger partial charge in [0.15, 0.2) is 24.4 Å². The van der Waals surface area contributed by atoms with Crippen molar-refractivity contribution in [2.24, 2.45) is 35.5 Å². The minimum absolute atomic E-state index is 0.00831. The number of thiazole rings is 1. The summed E-state index contributed by atoms with van der Waals surface area (Å²) in [5, 5.41) is 35.7. The quantitative estimate of drug-likeness (QED) is 0.0141. The van der Waals surface area contributed by atoms with E-state index in [9.17, 15) is 58.2 Å². The summed E-state index contributed by atoms with van der Waals surface area (Å²) < 4.78 is 16.8. The average Bonchev–Trinajstić information content (AvgIpc) is 3.95. The summed E-state index contributed by atoms with van der Waals surface area (Å²) in [7, 11) is 4.30. The van der Waals surface area contributed by atoms with Gasteiger partial charge < -0.3 is 45.1 Å². The van der Waals surface area contributed by atoms with Gasteiger partial charge in [0.1, 0.15) is 28.8 Å². The zero-order valence-electron chi connectivity index (χ0n) is 47.6. The highest BCUT2D eigenvalue weighted by atomic mass is 33.1. The van der Waals surface area contributed by atoms with Crippen molar-refractivity contribution in [3.63, 3.8) is 0 Å².